The number of carbonyl (C=O) groups excluding carboxylic acids is 1. The third-order valence-corrected chi connectivity index (χ3v) is 3.18. The molecule has 0 aromatic carbocycles. The Labute approximate surface area is 105 Å². The second-order valence-electron chi connectivity index (χ2n) is 4.81. The molecule has 1 atom stereocenters. The summed E-state index contributed by atoms with van der Waals surface area (Å²) in [5.41, 5.74) is 5.59. The van der Waals surface area contributed by atoms with E-state index < -0.39 is 0 Å². The minimum atomic E-state index is 0. The number of carbonyl (C=O) groups is 1. The van der Waals surface area contributed by atoms with Gasteiger partial charge in [-0.15, -0.1) is 12.4 Å². The van der Waals surface area contributed by atoms with Crippen LogP contribution in [0.15, 0.2) is 0 Å². The van der Waals surface area contributed by atoms with Crippen LogP contribution in [0, 0.1) is 5.92 Å². The SMILES string of the molecule is CC(N)CCC(=O)NCCC1CCCC1.Cl. The third kappa shape index (κ3) is 7.07. The van der Waals surface area contributed by atoms with Gasteiger partial charge in [-0.05, 0) is 25.7 Å². The van der Waals surface area contributed by atoms with E-state index in [1.54, 1.807) is 0 Å². The molecule has 1 unspecified atom stereocenters. The van der Waals surface area contributed by atoms with Crippen molar-refractivity contribution in [2.45, 2.75) is 57.9 Å². The zero-order valence-electron chi connectivity index (χ0n) is 10.2. The van der Waals surface area contributed by atoms with Crippen LogP contribution in [0.5, 0.6) is 0 Å². The standard InChI is InChI=1S/C12H24N2O.ClH/c1-10(13)6-7-12(15)14-9-8-11-4-2-3-5-11;/h10-11H,2-9,13H2,1H3,(H,14,15);1H. The van der Waals surface area contributed by atoms with E-state index in [1.807, 2.05) is 6.92 Å². The molecule has 1 saturated carbocycles. The highest BCUT2D eigenvalue weighted by Gasteiger charge is 2.14. The second kappa shape index (κ2) is 8.82. The van der Waals surface area contributed by atoms with Gasteiger partial charge in [0, 0.05) is 19.0 Å². The van der Waals surface area contributed by atoms with Gasteiger partial charge in [0.1, 0.15) is 0 Å². The summed E-state index contributed by atoms with van der Waals surface area (Å²) in [5, 5.41) is 2.97. The Balaban J connectivity index is 0.00000225. The third-order valence-electron chi connectivity index (χ3n) is 3.18. The largest absolute Gasteiger partial charge is 0.356 e. The van der Waals surface area contributed by atoms with Gasteiger partial charge < -0.3 is 11.1 Å². The Morgan fingerprint density at radius 2 is 2.06 bits per heavy atom. The van der Waals surface area contributed by atoms with Gasteiger partial charge in [-0.3, -0.25) is 4.79 Å². The molecule has 1 aliphatic carbocycles. The Hall–Kier alpha value is -0.280. The summed E-state index contributed by atoms with van der Waals surface area (Å²) in [6.45, 7) is 2.79. The molecule has 0 aromatic rings. The van der Waals surface area contributed by atoms with E-state index in [4.69, 9.17) is 5.73 Å². The summed E-state index contributed by atoms with van der Waals surface area (Å²) in [6, 6.07) is 0.130. The molecule has 3 nitrogen and oxygen atoms in total. The summed E-state index contributed by atoms with van der Waals surface area (Å²) >= 11 is 0. The average Bonchev–Trinajstić information content (AvgIpc) is 2.67. The van der Waals surface area contributed by atoms with Gasteiger partial charge in [-0.25, -0.2) is 0 Å². The van der Waals surface area contributed by atoms with Crippen LogP contribution in [0.2, 0.25) is 0 Å². The highest BCUT2D eigenvalue weighted by molar-refractivity contribution is 5.85. The van der Waals surface area contributed by atoms with Gasteiger partial charge in [0.05, 0.1) is 0 Å². The smallest absolute Gasteiger partial charge is 0.220 e. The normalized spacial score (nSPS) is 17.9. The van der Waals surface area contributed by atoms with E-state index in [1.165, 1.54) is 25.7 Å². The van der Waals surface area contributed by atoms with Crippen molar-refractivity contribution in [1.29, 1.82) is 0 Å². The summed E-state index contributed by atoms with van der Waals surface area (Å²) in [6.07, 6.45) is 7.99. The van der Waals surface area contributed by atoms with Crippen molar-refractivity contribution in [1.82, 2.24) is 5.32 Å². The average molecular weight is 249 g/mol. The molecule has 4 heteroatoms. The van der Waals surface area contributed by atoms with Crippen molar-refractivity contribution < 1.29 is 4.79 Å². The maximum Gasteiger partial charge on any atom is 0.220 e. The molecule has 3 N–H and O–H groups in total. The number of amides is 1. The first-order valence-electron chi connectivity index (χ1n) is 6.20. The van der Waals surface area contributed by atoms with Gasteiger partial charge in [-0.2, -0.15) is 0 Å². The monoisotopic (exact) mass is 248 g/mol. The van der Waals surface area contributed by atoms with Gasteiger partial charge in [0.15, 0.2) is 0 Å². The quantitative estimate of drug-likeness (QED) is 0.758. The Bertz CT molecular complexity index is 191. The van der Waals surface area contributed by atoms with E-state index in [0.717, 1.165) is 25.3 Å². The fourth-order valence-electron chi connectivity index (χ4n) is 2.16. The molecular weight excluding hydrogens is 224 g/mol. The Kier molecular flexibility index (Phi) is 8.67. The molecule has 1 fully saturated rings. The molecule has 0 spiro atoms. The number of nitrogens with two attached hydrogens (primary N) is 1. The highest BCUT2D eigenvalue weighted by atomic mass is 35.5. The van der Waals surface area contributed by atoms with Crippen LogP contribution in [0.1, 0.15) is 51.9 Å². The zero-order chi connectivity index (χ0) is 11.1. The molecule has 0 aliphatic heterocycles. The fourth-order valence-corrected chi connectivity index (χ4v) is 2.16. The van der Waals surface area contributed by atoms with Crippen LogP contribution >= 0.6 is 12.4 Å². The molecule has 0 heterocycles. The maximum atomic E-state index is 11.4. The lowest BCUT2D eigenvalue weighted by molar-refractivity contribution is -0.121. The molecular formula is C12H25ClN2O. The van der Waals surface area contributed by atoms with E-state index in [2.05, 4.69) is 5.32 Å². The van der Waals surface area contributed by atoms with Crippen molar-refractivity contribution in [2.24, 2.45) is 11.7 Å². The topological polar surface area (TPSA) is 55.1 Å². The molecule has 0 bridgehead atoms. The molecule has 0 saturated heterocycles. The number of nitrogens with one attached hydrogen (secondary N) is 1. The van der Waals surface area contributed by atoms with Gasteiger partial charge in [0.25, 0.3) is 0 Å². The van der Waals surface area contributed by atoms with Crippen LogP contribution in [0.25, 0.3) is 0 Å². The van der Waals surface area contributed by atoms with Crippen LogP contribution in [0.4, 0.5) is 0 Å². The van der Waals surface area contributed by atoms with E-state index in [-0.39, 0.29) is 24.4 Å². The van der Waals surface area contributed by atoms with Crippen LogP contribution in [0.3, 0.4) is 0 Å². The predicted molar refractivity (Wildman–Crippen MR) is 69.7 cm³/mol. The minimum absolute atomic E-state index is 0. The van der Waals surface area contributed by atoms with Crippen LogP contribution < -0.4 is 11.1 Å². The van der Waals surface area contributed by atoms with Crippen LogP contribution in [-0.4, -0.2) is 18.5 Å². The first kappa shape index (κ1) is 15.7. The summed E-state index contributed by atoms with van der Waals surface area (Å²) in [4.78, 5) is 11.4. The Morgan fingerprint density at radius 3 is 2.62 bits per heavy atom. The van der Waals surface area contributed by atoms with Crippen molar-refractivity contribution in [3.63, 3.8) is 0 Å². The Morgan fingerprint density at radius 1 is 1.44 bits per heavy atom. The molecule has 1 amide bonds. The summed E-state index contributed by atoms with van der Waals surface area (Å²) in [5.74, 6) is 1.02. The lowest BCUT2D eigenvalue weighted by atomic mass is 10.0. The van der Waals surface area contributed by atoms with Crippen molar-refractivity contribution in [2.75, 3.05) is 6.54 Å². The number of hydrogen-bond acceptors (Lipinski definition) is 2. The number of rotatable bonds is 6. The van der Waals surface area contributed by atoms with E-state index in [0.29, 0.717) is 6.42 Å². The first-order valence-corrected chi connectivity index (χ1v) is 6.20. The van der Waals surface area contributed by atoms with Gasteiger partial charge in [-0.1, -0.05) is 25.7 Å². The highest BCUT2D eigenvalue weighted by Crippen LogP contribution is 2.26. The van der Waals surface area contributed by atoms with Crippen molar-refractivity contribution >= 4 is 18.3 Å². The molecule has 1 aliphatic rings. The lowest BCUT2D eigenvalue weighted by Gasteiger charge is -2.10. The first-order chi connectivity index (χ1) is 7.18. The summed E-state index contributed by atoms with van der Waals surface area (Å²) in [7, 11) is 0. The molecule has 0 aromatic heterocycles. The summed E-state index contributed by atoms with van der Waals surface area (Å²) < 4.78 is 0. The second-order valence-corrected chi connectivity index (χ2v) is 4.81. The molecule has 16 heavy (non-hydrogen) atoms. The number of hydrogen-bond donors (Lipinski definition) is 2. The molecule has 96 valence electrons. The van der Waals surface area contributed by atoms with Crippen molar-refractivity contribution in [3.05, 3.63) is 0 Å². The lowest BCUT2D eigenvalue weighted by Crippen LogP contribution is -2.27. The maximum absolute atomic E-state index is 11.4. The van der Waals surface area contributed by atoms with Crippen molar-refractivity contribution in [3.8, 4) is 0 Å². The zero-order valence-corrected chi connectivity index (χ0v) is 11.0. The molecule has 1 rings (SSSR count). The van der Waals surface area contributed by atoms with E-state index >= 15 is 0 Å². The van der Waals surface area contributed by atoms with Gasteiger partial charge >= 0.3 is 0 Å². The predicted octanol–water partition coefficient (Wildman–Crippen LogP) is 2.23. The molecule has 0 radical (unpaired) electrons. The van der Waals surface area contributed by atoms with Gasteiger partial charge in [0.2, 0.25) is 5.91 Å². The minimum Gasteiger partial charge on any atom is -0.356 e. The fraction of sp³-hybridized carbons (Fsp3) is 0.917. The number of halogens is 1. The van der Waals surface area contributed by atoms with E-state index in [9.17, 15) is 4.79 Å². The van der Waals surface area contributed by atoms with Crippen LogP contribution in [-0.2, 0) is 4.79 Å².